The van der Waals surface area contributed by atoms with E-state index in [0.29, 0.717) is 10.8 Å². The fraction of sp³-hybridized carbons (Fsp3) is 0.500. The highest BCUT2D eigenvalue weighted by molar-refractivity contribution is 7.13. The Kier molecular flexibility index (Phi) is 4.89. The highest BCUT2D eigenvalue weighted by Gasteiger charge is 2.19. The normalized spacial score (nSPS) is 11.6. The Labute approximate surface area is 103 Å². The van der Waals surface area contributed by atoms with Gasteiger partial charge in [0.05, 0.1) is 6.61 Å². The fourth-order valence-electron chi connectivity index (χ4n) is 0.943. The van der Waals surface area contributed by atoms with Crippen LogP contribution in [0.15, 0.2) is 10.5 Å². The van der Waals surface area contributed by atoms with Crippen molar-refractivity contribution < 1.29 is 14.4 Å². The van der Waals surface area contributed by atoms with Crippen LogP contribution >= 0.6 is 11.3 Å². The third kappa shape index (κ3) is 4.03. The summed E-state index contributed by atoms with van der Waals surface area (Å²) < 4.78 is 4.87. The predicted molar refractivity (Wildman–Crippen MR) is 65.9 cm³/mol. The first-order chi connectivity index (χ1) is 8.04. The number of ether oxygens (including phenoxy) is 1. The molecule has 1 rings (SSSR count). The van der Waals surface area contributed by atoms with Crippen LogP contribution in [0.5, 0.6) is 0 Å². The molecule has 0 amide bonds. The summed E-state index contributed by atoms with van der Waals surface area (Å²) >= 11 is 1.22. The van der Waals surface area contributed by atoms with Gasteiger partial charge in [-0.05, 0) is 20.8 Å². The first-order valence-corrected chi connectivity index (χ1v) is 6.04. The number of rotatable bonds is 5. The quantitative estimate of drug-likeness (QED) is 0.489. The second kappa shape index (κ2) is 6.19. The van der Waals surface area contributed by atoms with Crippen molar-refractivity contribution in [1.29, 1.82) is 0 Å². The van der Waals surface area contributed by atoms with Crippen LogP contribution in [0, 0.1) is 0 Å². The van der Waals surface area contributed by atoms with Crippen LogP contribution in [0.4, 0.5) is 5.13 Å². The molecule has 7 heteroatoms. The van der Waals surface area contributed by atoms with Gasteiger partial charge in [0.1, 0.15) is 11.8 Å². The molecule has 0 unspecified atom stereocenters. The molecule has 6 nitrogen and oxygen atoms in total. The number of oxime groups is 1. The summed E-state index contributed by atoms with van der Waals surface area (Å²) in [7, 11) is 0. The zero-order valence-corrected chi connectivity index (χ0v) is 10.8. The zero-order chi connectivity index (χ0) is 12.8. The minimum Gasteiger partial charge on any atom is -0.461 e. The van der Waals surface area contributed by atoms with Crippen molar-refractivity contribution in [2.24, 2.45) is 5.16 Å². The van der Waals surface area contributed by atoms with Gasteiger partial charge in [-0.1, -0.05) is 5.16 Å². The molecule has 0 saturated heterocycles. The number of thiazole rings is 1. The zero-order valence-electron chi connectivity index (χ0n) is 9.97. The maximum Gasteiger partial charge on any atom is 0.362 e. The molecule has 0 atom stereocenters. The van der Waals surface area contributed by atoms with E-state index in [9.17, 15) is 4.79 Å². The van der Waals surface area contributed by atoms with Crippen molar-refractivity contribution in [1.82, 2.24) is 4.98 Å². The predicted octanol–water partition coefficient (Wildman–Crippen LogP) is 1.42. The number of nitrogen functional groups attached to an aromatic ring is 1. The Hall–Kier alpha value is -1.63. The maximum atomic E-state index is 11.7. The molecule has 1 aromatic rings. The number of nitrogens with zero attached hydrogens (tertiary/aromatic N) is 2. The smallest absolute Gasteiger partial charge is 0.362 e. The molecule has 0 aliphatic heterocycles. The van der Waals surface area contributed by atoms with E-state index in [4.69, 9.17) is 15.3 Å². The van der Waals surface area contributed by atoms with Crippen LogP contribution in [0.3, 0.4) is 0 Å². The second-order valence-corrected chi connectivity index (χ2v) is 4.28. The van der Waals surface area contributed by atoms with Crippen molar-refractivity contribution in [2.45, 2.75) is 26.9 Å². The van der Waals surface area contributed by atoms with Gasteiger partial charge in [-0.3, -0.25) is 0 Å². The molecule has 0 bridgehead atoms. The molecule has 2 N–H and O–H groups in total. The Morgan fingerprint density at radius 1 is 1.65 bits per heavy atom. The fourth-order valence-corrected chi connectivity index (χ4v) is 1.49. The van der Waals surface area contributed by atoms with Gasteiger partial charge >= 0.3 is 5.97 Å². The van der Waals surface area contributed by atoms with Gasteiger partial charge in [-0.15, -0.1) is 11.3 Å². The molecular formula is C10H15N3O3S. The van der Waals surface area contributed by atoms with Gasteiger partial charge < -0.3 is 15.3 Å². The largest absolute Gasteiger partial charge is 0.461 e. The number of anilines is 1. The van der Waals surface area contributed by atoms with Crippen molar-refractivity contribution in [3.8, 4) is 0 Å². The van der Waals surface area contributed by atoms with Gasteiger partial charge in [0, 0.05) is 5.38 Å². The van der Waals surface area contributed by atoms with Crippen molar-refractivity contribution >= 4 is 28.1 Å². The van der Waals surface area contributed by atoms with Crippen LogP contribution in [0.1, 0.15) is 26.5 Å². The lowest BCUT2D eigenvalue weighted by molar-refractivity contribution is -0.135. The topological polar surface area (TPSA) is 86.8 Å². The molecule has 0 saturated carbocycles. The number of hydrogen-bond acceptors (Lipinski definition) is 7. The molecule has 94 valence electrons. The van der Waals surface area contributed by atoms with Gasteiger partial charge in [0.25, 0.3) is 0 Å². The van der Waals surface area contributed by atoms with Crippen molar-refractivity contribution in [3.05, 3.63) is 11.1 Å². The lowest BCUT2D eigenvalue weighted by atomic mass is 10.3. The molecule has 1 aromatic heterocycles. The van der Waals surface area contributed by atoms with Crippen LogP contribution in [-0.4, -0.2) is 29.4 Å². The molecular weight excluding hydrogens is 242 g/mol. The minimum atomic E-state index is -0.571. The summed E-state index contributed by atoms with van der Waals surface area (Å²) in [6.07, 6.45) is -0.129. The molecule has 0 aliphatic carbocycles. The van der Waals surface area contributed by atoms with Crippen molar-refractivity contribution in [2.75, 3.05) is 12.3 Å². The summed E-state index contributed by atoms with van der Waals surface area (Å²) in [6.45, 7) is 5.59. The second-order valence-electron chi connectivity index (χ2n) is 3.39. The van der Waals surface area contributed by atoms with Gasteiger partial charge in [0.15, 0.2) is 5.13 Å². The van der Waals surface area contributed by atoms with E-state index in [1.165, 1.54) is 11.3 Å². The van der Waals surface area contributed by atoms with Gasteiger partial charge in [-0.2, -0.15) is 0 Å². The maximum absolute atomic E-state index is 11.7. The number of hydrogen-bond donors (Lipinski definition) is 1. The van der Waals surface area contributed by atoms with Crippen LogP contribution in [-0.2, 0) is 14.4 Å². The van der Waals surface area contributed by atoms with E-state index in [1.54, 1.807) is 12.3 Å². The minimum absolute atomic E-state index is 0.0356. The third-order valence-electron chi connectivity index (χ3n) is 1.59. The van der Waals surface area contributed by atoms with E-state index in [-0.39, 0.29) is 18.4 Å². The number of esters is 1. The van der Waals surface area contributed by atoms with E-state index in [0.717, 1.165) is 0 Å². The Balaban J connectivity index is 2.94. The molecule has 1 heterocycles. The highest BCUT2D eigenvalue weighted by Crippen LogP contribution is 2.13. The average Bonchev–Trinajstić information content (AvgIpc) is 2.65. The van der Waals surface area contributed by atoms with E-state index >= 15 is 0 Å². The van der Waals surface area contributed by atoms with Crippen LogP contribution in [0.2, 0.25) is 0 Å². The molecule has 17 heavy (non-hydrogen) atoms. The molecule has 0 spiro atoms. The Morgan fingerprint density at radius 2 is 2.35 bits per heavy atom. The lowest BCUT2D eigenvalue weighted by Crippen LogP contribution is -2.20. The van der Waals surface area contributed by atoms with E-state index in [2.05, 4.69) is 10.1 Å². The molecule has 0 radical (unpaired) electrons. The van der Waals surface area contributed by atoms with Gasteiger partial charge in [0.2, 0.25) is 5.71 Å². The number of aromatic nitrogens is 1. The summed E-state index contributed by atoms with van der Waals surface area (Å²) in [5.41, 5.74) is 5.91. The van der Waals surface area contributed by atoms with Crippen molar-refractivity contribution in [3.63, 3.8) is 0 Å². The Morgan fingerprint density at radius 3 is 2.82 bits per heavy atom. The average molecular weight is 257 g/mol. The van der Waals surface area contributed by atoms with Crippen LogP contribution in [0.25, 0.3) is 0 Å². The number of carbonyl (C=O) groups excluding carboxylic acids is 1. The Bertz CT molecular complexity index is 415. The summed E-state index contributed by atoms with van der Waals surface area (Å²) in [4.78, 5) is 20.7. The summed E-state index contributed by atoms with van der Waals surface area (Å²) in [6, 6.07) is 0. The first kappa shape index (κ1) is 13.4. The summed E-state index contributed by atoms with van der Waals surface area (Å²) in [5.74, 6) is -0.571. The monoisotopic (exact) mass is 257 g/mol. The van der Waals surface area contributed by atoms with E-state index in [1.807, 2.05) is 13.8 Å². The number of nitrogens with two attached hydrogens (primary N) is 1. The van der Waals surface area contributed by atoms with Gasteiger partial charge in [-0.25, -0.2) is 9.78 Å². The third-order valence-corrected chi connectivity index (χ3v) is 2.26. The molecule has 0 fully saturated rings. The number of carbonyl (C=O) groups is 1. The molecule has 0 aromatic carbocycles. The van der Waals surface area contributed by atoms with Crippen LogP contribution < -0.4 is 5.73 Å². The highest BCUT2D eigenvalue weighted by atomic mass is 32.1. The first-order valence-electron chi connectivity index (χ1n) is 5.17. The lowest BCUT2D eigenvalue weighted by Gasteiger charge is -2.05. The standard InChI is InChI=1S/C10H15N3O3S/c1-4-15-9(14)8(13-16-6(2)3)7-5-17-10(11)12-7/h5-6H,4H2,1-3H3,(H2,11,12)/b13-8+. The SMILES string of the molecule is CCOC(=O)/C(=N/OC(C)C)c1csc(N)n1. The molecule has 0 aliphatic rings. The van der Waals surface area contributed by atoms with E-state index < -0.39 is 5.97 Å². The summed E-state index contributed by atoms with van der Waals surface area (Å²) in [5, 5.41) is 5.75.